The van der Waals surface area contributed by atoms with E-state index in [0.29, 0.717) is 48.5 Å². The van der Waals surface area contributed by atoms with Gasteiger partial charge in [0, 0.05) is 19.6 Å². The summed E-state index contributed by atoms with van der Waals surface area (Å²) in [5.74, 6) is 0.158. The molecular weight excluding hydrogens is 390 g/mol. The van der Waals surface area contributed by atoms with Crippen molar-refractivity contribution in [2.45, 2.75) is 38.4 Å². The normalized spacial score (nSPS) is 15.1. The van der Waals surface area contributed by atoms with Crippen LogP contribution in [0.3, 0.4) is 0 Å². The number of hydrogen-bond acceptors (Lipinski definition) is 6. The second-order valence-corrected chi connectivity index (χ2v) is 8.63. The van der Waals surface area contributed by atoms with Crippen molar-refractivity contribution in [3.8, 4) is 0 Å². The van der Waals surface area contributed by atoms with Crippen molar-refractivity contribution in [2.24, 2.45) is 11.8 Å². The molecule has 0 aliphatic carbocycles. The number of esters is 1. The number of carbonyl (C=O) groups excluding carboxylic acids is 2. The molecule has 0 atom stereocenters. The van der Waals surface area contributed by atoms with Gasteiger partial charge in [-0.1, -0.05) is 37.7 Å². The molecule has 0 saturated carbocycles. The van der Waals surface area contributed by atoms with E-state index in [2.05, 4.69) is 4.98 Å². The van der Waals surface area contributed by atoms with Gasteiger partial charge in [-0.25, -0.2) is 4.98 Å². The van der Waals surface area contributed by atoms with E-state index in [1.165, 1.54) is 18.9 Å². The minimum atomic E-state index is -0.204. The zero-order valence-corrected chi connectivity index (χ0v) is 17.9. The van der Waals surface area contributed by atoms with Crippen molar-refractivity contribution in [1.82, 2.24) is 14.5 Å². The van der Waals surface area contributed by atoms with Crippen molar-refractivity contribution in [1.29, 1.82) is 0 Å². The first-order valence-corrected chi connectivity index (χ1v) is 10.9. The lowest BCUT2D eigenvalue weighted by molar-refractivity contribution is -0.148. The Balaban J connectivity index is 1.72. The average Bonchev–Trinajstić information content (AvgIpc) is 2.73. The molecule has 0 N–H and O–H groups in total. The Hall–Kier alpha value is -2.35. The molecule has 3 rings (SSSR count). The number of aromatic nitrogens is 2. The molecular formula is C21H27N3O4S. The summed E-state index contributed by atoms with van der Waals surface area (Å²) in [5.41, 5.74) is 0.574. The molecule has 1 amide bonds. The molecule has 8 heteroatoms. The van der Waals surface area contributed by atoms with Gasteiger partial charge in [0.25, 0.3) is 5.56 Å². The smallest absolute Gasteiger partial charge is 0.308 e. The standard InChI is InChI=1S/C21H27N3O4S/c1-14(2)12-24-19(26)16-6-4-5-7-17(16)22-21(24)29-13-18(25)23-10-8-15(9-11-23)20(27)28-3/h4-7,14-15H,8-13H2,1-3H3. The number of benzene rings is 1. The first kappa shape index (κ1) is 21.4. The third-order valence-corrected chi connectivity index (χ3v) is 6.04. The van der Waals surface area contributed by atoms with Crippen LogP contribution in [0.1, 0.15) is 26.7 Å². The molecule has 1 aliphatic rings. The Morgan fingerprint density at radius 2 is 1.93 bits per heavy atom. The lowest BCUT2D eigenvalue weighted by Gasteiger charge is -2.30. The summed E-state index contributed by atoms with van der Waals surface area (Å²) in [5, 5.41) is 1.16. The number of fused-ring (bicyclic) bond motifs is 1. The first-order chi connectivity index (χ1) is 13.9. The van der Waals surface area contributed by atoms with Crippen molar-refractivity contribution in [2.75, 3.05) is 26.0 Å². The van der Waals surface area contributed by atoms with Gasteiger partial charge in [0.1, 0.15) is 0 Å². The Bertz CT molecular complexity index is 949. The number of hydrogen-bond donors (Lipinski definition) is 0. The van der Waals surface area contributed by atoms with Crippen molar-refractivity contribution < 1.29 is 14.3 Å². The molecule has 0 bridgehead atoms. The van der Waals surface area contributed by atoms with E-state index in [0.717, 1.165) is 0 Å². The lowest BCUT2D eigenvalue weighted by atomic mass is 9.97. The first-order valence-electron chi connectivity index (χ1n) is 9.88. The van der Waals surface area contributed by atoms with Gasteiger partial charge in [-0.2, -0.15) is 0 Å². The van der Waals surface area contributed by atoms with Gasteiger partial charge in [-0.3, -0.25) is 19.0 Å². The summed E-state index contributed by atoms with van der Waals surface area (Å²) >= 11 is 1.30. The Morgan fingerprint density at radius 1 is 1.24 bits per heavy atom. The van der Waals surface area contributed by atoms with Crippen LogP contribution in [0.4, 0.5) is 0 Å². The number of carbonyl (C=O) groups is 2. The van der Waals surface area contributed by atoms with Crippen LogP contribution in [0.15, 0.2) is 34.2 Å². The van der Waals surface area contributed by atoms with Crippen molar-refractivity contribution >= 4 is 34.5 Å². The van der Waals surface area contributed by atoms with Gasteiger partial charge in [0.05, 0.1) is 29.7 Å². The molecule has 1 aromatic carbocycles. The number of ether oxygens (including phenoxy) is 1. The van der Waals surface area contributed by atoms with E-state index >= 15 is 0 Å². The van der Waals surface area contributed by atoms with Crippen LogP contribution in [-0.4, -0.2) is 52.3 Å². The SMILES string of the molecule is COC(=O)C1CCN(C(=O)CSc2nc3ccccc3c(=O)n2CC(C)C)CC1. The molecule has 7 nitrogen and oxygen atoms in total. The highest BCUT2D eigenvalue weighted by molar-refractivity contribution is 7.99. The molecule has 0 unspecified atom stereocenters. The maximum Gasteiger partial charge on any atom is 0.308 e. The van der Waals surface area contributed by atoms with E-state index in [4.69, 9.17) is 4.74 Å². The summed E-state index contributed by atoms with van der Waals surface area (Å²) in [7, 11) is 1.39. The third kappa shape index (κ3) is 4.98. The van der Waals surface area contributed by atoms with Crippen LogP contribution in [0, 0.1) is 11.8 Å². The molecule has 2 aromatic rings. The summed E-state index contributed by atoms with van der Waals surface area (Å²) < 4.78 is 6.47. The maximum atomic E-state index is 12.9. The molecule has 0 spiro atoms. The number of amides is 1. The monoisotopic (exact) mass is 417 g/mol. The molecule has 2 heterocycles. The predicted molar refractivity (Wildman–Crippen MR) is 113 cm³/mol. The summed E-state index contributed by atoms with van der Waals surface area (Å²) in [6, 6.07) is 7.29. The molecule has 0 radical (unpaired) electrons. The highest BCUT2D eigenvalue weighted by Crippen LogP contribution is 2.22. The number of para-hydroxylation sites is 1. The van der Waals surface area contributed by atoms with Crippen LogP contribution in [-0.2, 0) is 20.9 Å². The number of likely N-dealkylation sites (tertiary alicyclic amines) is 1. The van der Waals surface area contributed by atoms with E-state index in [-0.39, 0.29) is 35.0 Å². The van der Waals surface area contributed by atoms with Crippen molar-refractivity contribution in [3.63, 3.8) is 0 Å². The van der Waals surface area contributed by atoms with E-state index < -0.39 is 0 Å². The number of nitrogens with zero attached hydrogens (tertiary/aromatic N) is 3. The number of thioether (sulfide) groups is 1. The molecule has 1 aromatic heterocycles. The fraction of sp³-hybridized carbons (Fsp3) is 0.524. The Labute approximate surface area is 174 Å². The highest BCUT2D eigenvalue weighted by atomic mass is 32.2. The topological polar surface area (TPSA) is 81.5 Å². The lowest BCUT2D eigenvalue weighted by Crippen LogP contribution is -2.41. The predicted octanol–water partition coefficient (Wildman–Crippen LogP) is 2.56. The molecule has 1 fully saturated rings. The second kappa shape index (κ2) is 9.43. The van der Waals surface area contributed by atoms with Gasteiger partial charge in [0.2, 0.25) is 5.91 Å². The molecule has 1 saturated heterocycles. The van der Waals surface area contributed by atoms with Crippen LogP contribution >= 0.6 is 11.8 Å². The van der Waals surface area contributed by atoms with Gasteiger partial charge in [-0.15, -0.1) is 0 Å². The van der Waals surface area contributed by atoms with Gasteiger partial charge in [0.15, 0.2) is 5.16 Å². The number of methoxy groups -OCH3 is 1. The van der Waals surface area contributed by atoms with E-state index in [1.54, 1.807) is 15.5 Å². The third-order valence-electron chi connectivity index (χ3n) is 5.08. The summed E-state index contributed by atoms with van der Waals surface area (Å²) in [6.45, 7) is 5.74. The number of piperidine rings is 1. The zero-order valence-electron chi connectivity index (χ0n) is 17.1. The largest absolute Gasteiger partial charge is 0.469 e. The molecule has 1 aliphatic heterocycles. The second-order valence-electron chi connectivity index (χ2n) is 7.69. The minimum absolute atomic E-state index is 0.00294. The van der Waals surface area contributed by atoms with Crippen LogP contribution in [0.25, 0.3) is 10.9 Å². The van der Waals surface area contributed by atoms with E-state index in [9.17, 15) is 14.4 Å². The number of rotatable bonds is 6. The molecule has 156 valence electrons. The van der Waals surface area contributed by atoms with Gasteiger partial charge in [-0.05, 0) is 30.9 Å². The summed E-state index contributed by atoms with van der Waals surface area (Å²) in [6.07, 6.45) is 1.24. The van der Waals surface area contributed by atoms with Gasteiger partial charge < -0.3 is 9.64 Å². The fourth-order valence-corrected chi connectivity index (χ4v) is 4.44. The Kier molecular flexibility index (Phi) is 6.95. The van der Waals surface area contributed by atoms with Crippen LogP contribution in [0.5, 0.6) is 0 Å². The average molecular weight is 418 g/mol. The quantitative estimate of drug-likeness (QED) is 0.408. The van der Waals surface area contributed by atoms with Crippen LogP contribution in [0.2, 0.25) is 0 Å². The fourth-order valence-electron chi connectivity index (χ4n) is 3.53. The minimum Gasteiger partial charge on any atom is -0.469 e. The van der Waals surface area contributed by atoms with Gasteiger partial charge >= 0.3 is 5.97 Å². The van der Waals surface area contributed by atoms with E-state index in [1.807, 2.05) is 32.0 Å². The van der Waals surface area contributed by atoms with Crippen LogP contribution < -0.4 is 5.56 Å². The summed E-state index contributed by atoms with van der Waals surface area (Å²) in [4.78, 5) is 43.7. The van der Waals surface area contributed by atoms with Crippen molar-refractivity contribution in [3.05, 3.63) is 34.6 Å². The molecule has 29 heavy (non-hydrogen) atoms. The highest BCUT2D eigenvalue weighted by Gasteiger charge is 2.28. The maximum absolute atomic E-state index is 12.9. The Morgan fingerprint density at radius 3 is 2.59 bits per heavy atom. The zero-order chi connectivity index (χ0) is 21.0.